The first-order valence-corrected chi connectivity index (χ1v) is 10.4. The number of hydrogen-bond acceptors (Lipinski definition) is 4. The van der Waals surface area contributed by atoms with Crippen molar-refractivity contribution in [2.45, 2.75) is 44.8 Å². The highest BCUT2D eigenvalue weighted by atomic mass is 16.3. The molecule has 2 aromatic rings. The van der Waals surface area contributed by atoms with Crippen molar-refractivity contribution >= 4 is 11.8 Å². The summed E-state index contributed by atoms with van der Waals surface area (Å²) in [5, 5.41) is 15.0. The van der Waals surface area contributed by atoms with Crippen molar-refractivity contribution < 1.29 is 14.7 Å². The molecule has 1 aliphatic rings. The Balaban J connectivity index is 1.73. The number of carbonyl (C=O) groups is 2. The van der Waals surface area contributed by atoms with E-state index in [0.717, 1.165) is 37.7 Å². The van der Waals surface area contributed by atoms with Crippen molar-refractivity contribution in [3.05, 3.63) is 69.6 Å². The largest absolute Gasteiger partial charge is 0.393 e. The number of pyridine rings is 1. The van der Waals surface area contributed by atoms with Crippen LogP contribution in [-0.4, -0.2) is 41.2 Å². The molecule has 1 aromatic heterocycles. The fraction of sp³-hybridized carbons (Fsp3) is 0.435. The van der Waals surface area contributed by atoms with E-state index in [4.69, 9.17) is 0 Å². The molecular weight excluding hydrogens is 382 g/mol. The van der Waals surface area contributed by atoms with Gasteiger partial charge in [0.25, 0.3) is 17.4 Å². The Morgan fingerprint density at radius 2 is 1.80 bits per heavy atom. The second-order valence-electron chi connectivity index (χ2n) is 7.86. The van der Waals surface area contributed by atoms with Crippen LogP contribution in [0.25, 0.3) is 0 Å². The molecule has 0 radical (unpaired) electrons. The minimum absolute atomic E-state index is 0.0534. The summed E-state index contributed by atoms with van der Waals surface area (Å²) in [5.74, 6) is -0.322. The third-order valence-electron chi connectivity index (χ3n) is 5.67. The average molecular weight is 412 g/mol. The molecule has 1 heterocycles. The fourth-order valence-electron chi connectivity index (χ4n) is 3.88. The van der Waals surface area contributed by atoms with Gasteiger partial charge in [-0.1, -0.05) is 30.3 Å². The van der Waals surface area contributed by atoms with Gasteiger partial charge in [-0.05, 0) is 49.7 Å². The molecule has 0 bridgehead atoms. The molecular formula is C23H29N3O4. The van der Waals surface area contributed by atoms with Crippen molar-refractivity contribution in [1.82, 2.24) is 15.2 Å². The number of aliphatic hydroxyl groups excluding tert-OH is 1. The van der Waals surface area contributed by atoms with Gasteiger partial charge in [0.15, 0.2) is 0 Å². The monoisotopic (exact) mass is 411 g/mol. The Hall–Kier alpha value is -2.93. The first-order valence-electron chi connectivity index (χ1n) is 10.4. The molecule has 160 valence electrons. The smallest absolute Gasteiger partial charge is 0.263 e. The van der Waals surface area contributed by atoms with Gasteiger partial charge in [-0.2, -0.15) is 0 Å². The van der Waals surface area contributed by atoms with Crippen molar-refractivity contribution in [3.8, 4) is 0 Å². The molecule has 0 saturated heterocycles. The molecule has 1 aromatic carbocycles. The second-order valence-corrected chi connectivity index (χ2v) is 7.86. The Morgan fingerprint density at radius 1 is 1.10 bits per heavy atom. The van der Waals surface area contributed by atoms with Gasteiger partial charge in [-0.15, -0.1) is 0 Å². The SMILES string of the molecule is CNC(=O)c1cc(C(=O)NCC[C@H]2CC[C@@H](O)CC2)cn(Cc2ccccc2)c1=O. The number of rotatable bonds is 7. The number of amides is 2. The summed E-state index contributed by atoms with van der Waals surface area (Å²) in [6.45, 7) is 0.794. The minimum atomic E-state index is -0.516. The highest BCUT2D eigenvalue weighted by molar-refractivity contribution is 5.99. The van der Waals surface area contributed by atoms with Gasteiger partial charge in [0.1, 0.15) is 5.56 Å². The van der Waals surface area contributed by atoms with Crippen molar-refractivity contribution in [2.75, 3.05) is 13.6 Å². The number of benzene rings is 1. The standard InChI is InChI=1S/C23H29N3O4/c1-24-22(29)20-13-18(15-26(23(20)30)14-17-5-3-2-4-6-17)21(28)25-12-11-16-7-9-19(27)10-8-16/h2-6,13,15-16,19,27H,7-12,14H2,1H3,(H,24,29)(H,25,28)/t16-,19+. The maximum Gasteiger partial charge on any atom is 0.263 e. The van der Waals surface area contributed by atoms with Crippen LogP contribution < -0.4 is 16.2 Å². The molecule has 7 nitrogen and oxygen atoms in total. The summed E-state index contributed by atoms with van der Waals surface area (Å²) in [7, 11) is 1.46. The second kappa shape index (κ2) is 10.2. The van der Waals surface area contributed by atoms with Crippen molar-refractivity contribution in [1.29, 1.82) is 0 Å². The van der Waals surface area contributed by atoms with Crippen LogP contribution in [0.2, 0.25) is 0 Å². The molecule has 0 atom stereocenters. The van der Waals surface area contributed by atoms with E-state index in [9.17, 15) is 19.5 Å². The summed E-state index contributed by atoms with van der Waals surface area (Å²) in [5.41, 5.74) is 0.695. The number of aliphatic hydroxyl groups is 1. The van der Waals surface area contributed by atoms with Crippen molar-refractivity contribution in [3.63, 3.8) is 0 Å². The Bertz CT molecular complexity index is 931. The third kappa shape index (κ3) is 5.57. The Labute approximate surface area is 176 Å². The molecule has 1 saturated carbocycles. The first-order chi connectivity index (χ1) is 14.5. The fourth-order valence-corrected chi connectivity index (χ4v) is 3.88. The Morgan fingerprint density at radius 3 is 2.47 bits per heavy atom. The van der Waals surface area contributed by atoms with E-state index in [0.29, 0.717) is 12.5 Å². The summed E-state index contributed by atoms with van der Waals surface area (Å²) >= 11 is 0. The molecule has 3 N–H and O–H groups in total. The summed E-state index contributed by atoms with van der Waals surface area (Å²) < 4.78 is 1.40. The predicted octanol–water partition coefficient (Wildman–Crippen LogP) is 1.93. The van der Waals surface area contributed by atoms with E-state index in [2.05, 4.69) is 10.6 Å². The van der Waals surface area contributed by atoms with E-state index in [1.807, 2.05) is 30.3 Å². The molecule has 0 spiro atoms. The van der Waals surface area contributed by atoms with Crippen LogP contribution in [0.1, 0.15) is 58.4 Å². The number of nitrogens with zero attached hydrogens (tertiary/aromatic N) is 1. The number of carbonyl (C=O) groups excluding carboxylic acids is 2. The lowest BCUT2D eigenvalue weighted by Crippen LogP contribution is -2.34. The molecule has 7 heteroatoms. The molecule has 1 aliphatic carbocycles. The average Bonchev–Trinajstić information content (AvgIpc) is 2.76. The summed E-state index contributed by atoms with van der Waals surface area (Å²) in [6.07, 6.45) is 5.75. The third-order valence-corrected chi connectivity index (χ3v) is 5.67. The van der Waals surface area contributed by atoms with Crippen LogP contribution in [-0.2, 0) is 6.54 Å². The highest BCUT2D eigenvalue weighted by Crippen LogP contribution is 2.26. The van der Waals surface area contributed by atoms with Gasteiger partial charge in [-0.3, -0.25) is 14.4 Å². The highest BCUT2D eigenvalue weighted by Gasteiger charge is 2.20. The van der Waals surface area contributed by atoms with Crippen LogP contribution in [0.5, 0.6) is 0 Å². The number of nitrogens with one attached hydrogen (secondary N) is 2. The minimum Gasteiger partial charge on any atom is -0.393 e. The summed E-state index contributed by atoms with van der Waals surface area (Å²) in [6, 6.07) is 10.8. The first kappa shape index (κ1) is 21.8. The normalized spacial score (nSPS) is 18.6. The van der Waals surface area contributed by atoms with Gasteiger partial charge < -0.3 is 20.3 Å². The number of aromatic nitrogens is 1. The van der Waals surface area contributed by atoms with Crippen LogP contribution in [0.3, 0.4) is 0 Å². The van der Waals surface area contributed by atoms with Gasteiger partial charge in [0.05, 0.1) is 18.2 Å². The maximum atomic E-state index is 12.7. The van der Waals surface area contributed by atoms with Crippen LogP contribution >= 0.6 is 0 Å². The van der Waals surface area contributed by atoms with Crippen LogP contribution in [0.15, 0.2) is 47.4 Å². The van der Waals surface area contributed by atoms with E-state index in [1.54, 1.807) is 0 Å². The van der Waals surface area contributed by atoms with E-state index in [1.165, 1.54) is 23.9 Å². The van der Waals surface area contributed by atoms with E-state index >= 15 is 0 Å². The van der Waals surface area contributed by atoms with E-state index < -0.39 is 11.5 Å². The van der Waals surface area contributed by atoms with Crippen molar-refractivity contribution in [2.24, 2.45) is 5.92 Å². The summed E-state index contributed by atoms with van der Waals surface area (Å²) in [4.78, 5) is 37.6. The predicted molar refractivity (Wildman–Crippen MR) is 115 cm³/mol. The quantitative estimate of drug-likeness (QED) is 0.648. The lowest BCUT2D eigenvalue weighted by Gasteiger charge is -2.25. The molecule has 1 fully saturated rings. The van der Waals surface area contributed by atoms with Gasteiger partial charge in [0.2, 0.25) is 0 Å². The van der Waals surface area contributed by atoms with Gasteiger partial charge in [0, 0.05) is 19.8 Å². The lowest BCUT2D eigenvalue weighted by molar-refractivity contribution is 0.0931. The molecule has 2 amide bonds. The van der Waals surface area contributed by atoms with Crippen LogP contribution in [0.4, 0.5) is 0 Å². The lowest BCUT2D eigenvalue weighted by atomic mass is 9.85. The molecule has 0 unspecified atom stereocenters. The molecule has 3 rings (SSSR count). The molecule has 0 aliphatic heterocycles. The zero-order chi connectivity index (χ0) is 21.5. The topological polar surface area (TPSA) is 100 Å². The van der Waals surface area contributed by atoms with E-state index in [-0.39, 0.29) is 29.7 Å². The van der Waals surface area contributed by atoms with Gasteiger partial charge in [-0.25, -0.2) is 0 Å². The maximum absolute atomic E-state index is 12.7. The zero-order valence-electron chi connectivity index (χ0n) is 17.3. The number of hydrogen-bond donors (Lipinski definition) is 3. The van der Waals surface area contributed by atoms with Gasteiger partial charge >= 0.3 is 0 Å². The molecule has 30 heavy (non-hydrogen) atoms. The zero-order valence-corrected chi connectivity index (χ0v) is 17.3. The van der Waals surface area contributed by atoms with Crippen LogP contribution in [0, 0.1) is 5.92 Å². The Kier molecular flexibility index (Phi) is 7.41.